The second kappa shape index (κ2) is 9.62. The number of nitrogens with one attached hydrogen (secondary N) is 1. The van der Waals surface area contributed by atoms with Gasteiger partial charge in [0.1, 0.15) is 5.75 Å². The van der Waals surface area contributed by atoms with Gasteiger partial charge in [-0.1, -0.05) is 6.07 Å². The first kappa shape index (κ1) is 24.4. The molecule has 0 bridgehead atoms. The Labute approximate surface area is 214 Å². The van der Waals surface area contributed by atoms with Crippen molar-refractivity contribution in [2.75, 3.05) is 45.2 Å². The van der Waals surface area contributed by atoms with E-state index >= 15 is 0 Å². The predicted molar refractivity (Wildman–Crippen MR) is 144 cm³/mol. The van der Waals surface area contributed by atoms with E-state index in [2.05, 4.69) is 51.5 Å². The fourth-order valence-corrected chi connectivity index (χ4v) is 5.88. The number of benzene rings is 2. The molecule has 2 aliphatic heterocycles. The molecular weight excluding hydrogens is 450 g/mol. The van der Waals surface area contributed by atoms with E-state index in [-0.39, 0.29) is 11.9 Å². The Hall–Kier alpha value is -3.32. The Morgan fingerprint density at radius 3 is 2.42 bits per heavy atom. The average molecular weight is 488 g/mol. The summed E-state index contributed by atoms with van der Waals surface area (Å²) < 4.78 is 7.40. The topological polar surface area (TPSA) is 62.6 Å². The molecule has 2 aromatic carbocycles. The van der Waals surface area contributed by atoms with Crippen LogP contribution in [-0.2, 0) is 7.05 Å². The number of aryl methyl sites for hydroxylation is 3. The summed E-state index contributed by atoms with van der Waals surface area (Å²) in [5.74, 6) is 2.15. The lowest BCUT2D eigenvalue weighted by atomic mass is 9.99. The van der Waals surface area contributed by atoms with Crippen molar-refractivity contribution < 1.29 is 9.53 Å². The van der Waals surface area contributed by atoms with Gasteiger partial charge in [0.25, 0.3) is 5.91 Å². The van der Waals surface area contributed by atoms with Crippen molar-refractivity contribution in [3.63, 3.8) is 0 Å². The highest BCUT2D eigenvalue weighted by Gasteiger charge is 2.38. The van der Waals surface area contributed by atoms with E-state index in [1.165, 1.54) is 13.1 Å². The summed E-state index contributed by atoms with van der Waals surface area (Å²) in [6.07, 6.45) is 2.01. The molecule has 1 N–H and O–H groups in total. The molecule has 190 valence electrons. The van der Waals surface area contributed by atoms with Gasteiger partial charge in [0.05, 0.1) is 18.8 Å². The fraction of sp³-hybridized carbons (Fsp3) is 0.448. The maximum Gasteiger partial charge on any atom is 0.252 e. The van der Waals surface area contributed by atoms with Gasteiger partial charge in [-0.05, 0) is 86.7 Å². The number of carbonyl (C=O) groups excluding carboxylic acids is 1. The predicted octanol–water partition coefficient (Wildman–Crippen LogP) is 4.20. The normalized spacial score (nSPS) is 20.4. The highest BCUT2D eigenvalue weighted by Crippen LogP contribution is 2.34. The van der Waals surface area contributed by atoms with Crippen molar-refractivity contribution in [3.05, 3.63) is 65.0 Å². The molecule has 0 spiro atoms. The van der Waals surface area contributed by atoms with Crippen LogP contribution in [0.3, 0.4) is 0 Å². The van der Waals surface area contributed by atoms with Crippen LogP contribution in [0.4, 0.5) is 5.69 Å². The summed E-state index contributed by atoms with van der Waals surface area (Å²) in [5.41, 5.74) is 6.90. The molecule has 0 radical (unpaired) electrons. The summed E-state index contributed by atoms with van der Waals surface area (Å²) in [6.45, 7) is 10.5. The third-order valence-corrected chi connectivity index (χ3v) is 7.84. The van der Waals surface area contributed by atoms with Gasteiger partial charge in [0.15, 0.2) is 0 Å². The number of likely N-dealkylation sites (tertiary alicyclic amines) is 1. The van der Waals surface area contributed by atoms with Gasteiger partial charge in [0.2, 0.25) is 0 Å². The lowest BCUT2D eigenvalue weighted by Crippen LogP contribution is -2.29. The number of hydrogen-bond donors (Lipinski definition) is 1. The van der Waals surface area contributed by atoms with Gasteiger partial charge >= 0.3 is 0 Å². The van der Waals surface area contributed by atoms with Crippen LogP contribution in [0.2, 0.25) is 0 Å². The maximum absolute atomic E-state index is 13.4. The monoisotopic (exact) mass is 487 g/mol. The van der Waals surface area contributed by atoms with E-state index in [0.717, 1.165) is 69.9 Å². The van der Waals surface area contributed by atoms with Crippen LogP contribution in [0, 0.1) is 25.7 Å². The zero-order valence-electron chi connectivity index (χ0n) is 22.2. The van der Waals surface area contributed by atoms with Crippen molar-refractivity contribution in [1.29, 1.82) is 0 Å². The first-order valence-corrected chi connectivity index (χ1v) is 12.8. The first-order valence-electron chi connectivity index (χ1n) is 12.8. The highest BCUT2D eigenvalue weighted by molar-refractivity contribution is 5.97. The zero-order valence-corrected chi connectivity index (χ0v) is 22.2. The quantitative estimate of drug-likeness (QED) is 0.565. The number of ether oxygens (including phenoxy) is 1. The molecule has 1 aromatic heterocycles. The number of rotatable bonds is 6. The van der Waals surface area contributed by atoms with Crippen molar-refractivity contribution in [2.45, 2.75) is 26.8 Å². The van der Waals surface area contributed by atoms with Gasteiger partial charge in [-0.25, -0.2) is 0 Å². The molecular formula is C29H37N5O2. The summed E-state index contributed by atoms with van der Waals surface area (Å²) in [4.78, 5) is 18.3. The van der Waals surface area contributed by atoms with Crippen LogP contribution in [0.1, 0.15) is 40.1 Å². The number of fused-ring (bicyclic) bond motifs is 1. The molecule has 36 heavy (non-hydrogen) atoms. The number of aromatic nitrogens is 2. The molecule has 3 atom stereocenters. The van der Waals surface area contributed by atoms with Crippen LogP contribution >= 0.6 is 0 Å². The Morgan fingerprint density at radius 2 is 1.78 bits per heavy atom. The Kier molecular flexibility index (Phi) is 6.51. The highest BCUT2D eigenvalue weighted by atomic mass is 16.5. The fourth-order valence-electron chi connectivity index (χ4n) is 5.88. The average Bonchev–Trinajstić information content (AvgIpc) is 3.50. The Balaban J connectivity index is 1.35. The molecule has 2 fully saturated rings. The van der Waals surface area contributed by atoms with Crippen molar-refractivity contribution in [2.24, 2.45) is 18.9 Å². The second-order valence-corrected chi connectivity index (χ2v) is 10.6. The molecule has 5 rings (SSSR count). The number of hydrogen-bond acceptors (Lipinski definition) is 5. The number of carbonyl (C=O) groups is 1. The van der Waals surface area contributed by atoms with Crippen molar-refractivity contribution in [1.82, 2.24) is 20.0 Å². The van der Waals surface area contributed by atoms with Crippen LogP contribution in [-0.4, -0.2) is 60.9 Å². The molecule has 1 amide bonds. The zero-order chi connectivity index (χ0) is 25.6. The first-order chi connectivity index (χ1) is 17.2. The van der Waals surface area contributed by atoms with Crippen LogP contribution < -0.4 is 15.0 Å². The van der Waals surface area contributed by atoms with E-state index in [1.807, 2.05) is 50.8 Å². The largest absolute Gasteiger partial charge is 0.497 e. The molecule has 2 saturated heterocycles. The van der Waals surface area contributed by atoms with E-state index in [1.54, 1.807) is 7.11 Å². The lowest BCUT2D eigenvalue weighted by Gasteiger charge is -2.23. The van der Waals surface area contributed by atoms with Crippen molar-refractivity contribution >= 4 is 11.6 Å². The molecule has 0 aliphatic carbocycles. The standard InChI is InChI=1S/C29H37N5O2/c1-18-7-8-25(34-15-23-13-32(4)14-24(23)16-34)12-27(18)29(35)30-19(2)21-9-22(11-26(10-21)36-6)28-17-33(5)31-20(28)3/h7-12,17,19,23-24H,13-16H2,1-6H3,(H,30,35)/t19-,23?,24?/m1/s1. The summed E-state index contributed by atoms with van der Waals surface area (Å²) >= 11 is 0. The van der Waals surface area contributed by atoms with Gasteiger partial charge in [-0.3, -0.25) is 9.48 Å². The smallest absolute Gasteiger partial charge is 0.252 e. The van der Waals surface area contributed by atoms with E-state index < -0.39 is 0 Å². The third kappa shape index (κ3) is 4.72. The minimum Gasteiger partial charge on any atom is -0.497 e. The van der Waals surface area contributed by atoms with Crippen LogP contribution in [0.5, 0.6) is 5.75 Å². The third-order valence-electron chi connectivity index (χ3n) is 7.84. The Morgan fingerprint density at radius 1 is 1.06 bits per heavy atom. The number of nitrogens with zero attached hydrogens (tertiary/aromatic N) is 4. The molecule has 3 heterocycles. The van der Waals surface area contributed by atoms with Gasteiger partial charge in [-0.2, -0.15) is 5.10 Å². The summed E-state index contributed by atoms with van der Waals surface area (Å²) in [7, 11) is 5.80. The molecule has 3 aromatic rings. The molecule has 7 nitrogen and oxygen atoms in total. The lowest BCUT2D eigenvalue weighted by molar-refractivity contribution is 0.0939. The van der Waals surface area contributed by atoms with Gasteiger partial charge in [-0.15, -0.1) is 0 Å². The Bertz CT molecular complexity index is 1270. The molecule has 7 heteroatoms. The number of anilines is 1. The summed E-state index contributed by atoms with van der Waals surface area (Å²) in [6, 6.07) is 12.2. The van der Waals surface area contributed by atoms with Crippen LogP contribution in [0.15, 0.2) is 42.6 Å². The van der Waals surface area contributed by atoms with E-state index in [4.69, 9.17) is 4.74 Å². The summed E-state index contributed by atoms with van der Waals surface area (Å²) in [5, 5.41) is 7.70. The van der Waals surface area contributed by atoms with Crippen LogP contribution in [0.25, 0.3) is 11.1 Å². The van der Waals surface area contributed by atoms with Crippen molar-refractivity contribution in [3.8, 4) is 16.9 Å². The van der Waals surface area contributed by atoms with Gasteiger partial charge < -0.3 is 19.9 Å². The number of amides is 1. The van der Waals surface area contributed by atoms with E-state index in [9.17, 15) is 4.79 Å². The van der Waals surface area contributed by atoms with E-state index in [0.29, 0.717) is 0 Å². The molecule has 2 unspecified atom stereocenters. The number of methoxy groups -OCH3 is 1. The maximum atomic E-state index is 13.4. The minimum absolute atomic E-state index is 0.0529. The second-order valence-electron chi connectivity index (χ2n) is 10.6. The molecule has 0 saturated carbocycles. The minimum atomic E-state index is -0.187. The SMILES string of the molecule is COc1cc(-c2cn(C)nc2C)cc([C@@H](C)NC(=O)c2cc(N3CC4CN(C)CC4C3)ccc2C)c1. The van der Waals surface area contributed by atoms with Gasteiger partial charge in [0, 0.05) is 56.2 Å². The molecule has 2 aliphatic rings.